The third-order valence-corrected chi connectivity index (χ3v) is 1.55. The Hall–Kier alpha value is -0.830. The fourth-order valence-corrected chi connectivity index (χ4v) is 0.984. The lowest BCUT2D eigenvalue weighted by Gasteiger charge is -2.11. The first-order chi connectivity index (χ1) is 5.17. The molecule has 0 unspecified atom stereocenters. The van der Waals surface area contributed by atoms with E-state index in [-0.39, 0.29) is 0 Å². The fraction of sp³-hybridized carbons (Fsp3) is 0.625. The maximum absolute atomic E-state index is 5.30. The Bertz CT molecular complexity index is 153. The third kappa shape index (κ3) is 2.72. The summed E-state index contributed by atoms with van der Waals surface area (Å²) in [6.07, 6.45) is 0.864. The molecule has 0 aromatic heterocycles. The Kier molecular flexibility index (Phi) is 4.54. The van der Waals surface area contributed by atoms with Crippen molar-refractivity contribution in [1.82, 2.24) is 5.43 Å². The molecule has 0 fully saturated rings. The maximum Gasteiger partial charge on any atom is 0.0624 e. The van der Waals surface area contributed by atoms with Crippen molar-refractivity contribution in [2.45, 2.75) is 27.2 Å². The van der Waals surface area contributed by atoms with Crippen LogP contribution in [-0.4, -0.2) is 6.72 Å². The number of allylic oxidation sites excluding steroid dienone is 2. The highest BCUT2D eigenvalue weighted by atomic mass is 15.2. The Morgan fingerprint density at radius 3 is 2.27 bits per heavy atom. The zero-order valence-electron chi connectivity index (χ0n) is 7.52. The Balaban J connectivity index is 4.62. The number of nitrogens with zero attached hydrogens (tertiary/aromatic N) is 1. The molecule has 0 amide bonds. The highest BCUT2D eigenvalue weighted by Crippen LogP contribution is 2.15. The van der Waals surface area contributed by atoms with E-state index in [1.54, 1.807) is 0 Å². The molecular weight excluding hydrogens is 138 g/mol. The summed E-state index contributed by atoms with van der Waals surface area (Å²) in [7, 11) is 0. The quantitative estimate of drug-likeness (QED) is 0.366. The predicted octanol–water partition coefficient (Wildman–Crippen LogP) is 1.43. The van der Waals surface area contributed by atoms with Crippen LogP contribution in [0.5, 0.6) is 0 Å². The highest BCUT2D eigenvalue weighted by molar-refractivity contribution is 5.31. The number of nitrogens with two attached hydrogens (primary N) is 1. The van der Waals surface area contributed by atoms with Gasteiger partial charge in [-0.3, -0.25) is 10.8 Å². The van der Waals surface area contributed by atoms with Crippen molar-refractivity contribution in [1.29, 1.82) is 0 Å². The number of hydrazine groups is 1. The van der Waals surface area contributed by atoms with Crippen LogP contribution in [0, 0.1) is 5.92 Å². The van der Waals surface area contributed by atoms with Crippen molar-refractivity contribution in [3.05, 3.63) is 11.4 Å². The molecule has 0 rings (SSSR count). The van der Waals surface area contributed by atoms with Crippen LogP contribution in [0.25, 0.3) is 0 Å². The van der Waals surface area contributed by atoms with E-state index >= 15 is 0 Å². The summed E-state index contributed by atoms with van der Waals surface area (Å²) >= 11 is 0. The summed E-state index contributed by atoms with van der Waals surface area (Å²) in [5.41, 5.74) is 4.55. The fourth-order valence-electron chi connectivity index (χ4n) is 0.984. The van der Waals surface area contributed by atoms with E-state index in [4.69, 9.17) is 5.84 Å². The molecule has 3 nitrogen and oxygen atoms in total. The van der Waals surface area contributed by atoms with Gasteiger partial charge < -0.3 is 5.43 Å². The number of aliphatic imine (C=N–C) groups is 1. The van der Waals surface area contributed by atoms with Crippen molar-refractivity contribution in [2.24, 2.45) is 16.8 Å². The van der Waals surface area contributed by atoms with E-state index in [0.29, 0.717) is 5.92 Å². The van der Waals surface area contributed by atoms with Gasteiger partial charge in [-0.1, -0.05) is 20.8 Å². The lowest BCUT2D eigenvalue weighted by atomic mass is 10.1. The molecule has 11 heavy (non-hydrogen) atoms. The van der Waals surface area contributed by atoms with Crippen LogP contribution in [-0.2, 0) is 0 Å². The largest absolute Gasteiger partial charge is 0.326 e. The molecule has 0 saturated heterocycles. The second kappa shape index (κ2) is 4.91. The second-order valence-corrected chi connectivity index (χ2v) is 2.67. The van der Waals surface area contributed by atoms with E-state index in [1.165, 1.54) is 0 Å². The van der Waals surface area contributed by atoms with Gasteiger partial charge in [0.25, 0.3) is 0 Å². The lowest BCUT2D eigenvalue weighted by Crippen LogP contribution is -2.23. The molecule has 64 valence electrons. The standard InChI is InChI=1S/C8H17N3/c1-5-7(11-9)8(10-4)6(2)3/h6,11H,4-5,9H2,1-3H3/b8-7-. The smallest absolute Gasteiger partial charge is 0.0624 e. The third-order valence-electron chi connectivity index (χ3n) is 1.55. The molecule has 0 atom stereocenters. The van der Waals surface area contributed by atoms with E-state index in [0.717, 1.165) is 17.8 Å². The molecule has 3 N–H and O–H groups in total. The van der Waals surface area contributed by atoms with E-state index in [9.17, 15) is 0 Å². The summed E-state index contributed by atoms with van der Waals surface area (Å²) in [5.74, 6) is 5.68. The topological polar surface area (TPSA) is 50.4 Å². The summed E-state index contributed by atoms with van der Waals surface area (Å²) in [4.78, 5) is 3.92. The van der Waals surface area contributed by atoms with Gasteiger partial charge in [0, 0.05) is 5.70 Å². The monoisotopic (exact) mass is 155 g/mol. The van der Waals surface area contributed by atoms with Crippen LogP contribution in [0.15, 0.2) is 16.4 Å². The van der Waals surface area contributed by atoms with Gasteiger partial charge >= 0.3 is 0 Å². The average Bonchev–Trinajstić information content (AvgIpc) is 1.99. The van der Waals surface area contributed by atoms with Crippen LogP contribution in [0.1, 0.15) is 27.2 Å². The predicted molar refractivity (Wildman–Crippen MR) is 49.0 cm³/mol. The van der Waals surface area contributed by atoms with E-state index in [2.05, 4.69) is 31.0 Å². The van der Waals surface area contributed by atoms with Gasteiger partial charge in [-0.25, -0.2) is 0 Å². The molecule has 0 bridgehead atoms. The zero-order chi connectivity index (χ0) is 8.85. The Morgan fingerprint density at radius 2 is 2.18 bits per heavy atom. The summed E-state index contributed by atoms with van der Waals surface area (Å²) < 4.78 is 0. The van der Waals surface area contributed by atoms with Crippen molar-refractivity contribution in [3.63, 3.8) is 0 Å². The maximum atomic E-state index is 5.30. The molecule has 3 heteroatoms. The first-order valence-corrected chi connectivity index (χ1v) is 3.83. The van der Waals surface area contributed by atoms with Crippen molar-refractivity contribution >= 4 is 6.72 Å². The van der Waals surface area contributed by atoms with Crippen LogP contribution >= 0.6 is 0 Å². The molecule has 0 aliphatic rings. The molecule has 0 spiro atoms. The molecule has 0 heterocycles. The Morgan fingerprint density at radius 1 is 1.64 bits per heavy atom. The molecule has 0 saturated carbocycles. The van der Waals surface area contributed by atoms with Gasteiger partial charge in [-0.15, -0.1) is 0 Å². The molecule has 0 radical (unpaired) electrons. The van der Waals surface area contributed by atoms with E-state index < -0.39 is 0 Å². The van der Waals surface area contributed by atoms with Crippen LogP contribution in [0.4, 0.5) is 0 Å². The lowest BCUT2D eigenvalue weighted by molar-refractivity contribution is 0.698. The summed E-state index contributed by atoms with van der Waals surface area (Å²) in [6.45, 7) is 9.66. The molecule has 0 aliphatic carbocycles. The van der Waals surface area contributed by atoms with Crippen molar-refractivity contribution in [2.75, 3.05) is 0 Å². The number of hydrogen-bond acceptors (Lipinski definition) is 3. The zero-order valence-corrected chi connectivity index (χ0v) is 7.52. The Labute approximate surface area is 68.4 Å². The SMILES string of the molecule is C=N/C(=C(/CC)NN)C(C)C. The first-order valence-electron chi connectivity index (χ1n) is 3.83. The minimum Gasteiger partial charge on any atom is -0.326 e. The number of hydrogen-bond donors (Lipinski definition) is 2. The average molecular weight is 155 g/mol. The van der Waals surface area contributed by atoms with Gasteiger partial charge in [-0.2, -0.15) is 0 Å². The molecular formula is C8H17N3. The normalized spacial score (nSPS) is 12.8. The van der Waals surface area contributed by atoms with Gasteiger partial charge in [0.1, 0.15) is 0 Å². The minimum absolute atomic E-state index is 0.374. The van der Waals surface area contributed by atoms with E-state index in [1.807, 2.05) is 6.92 Å². The highest BCUT2D eigenvalue weighted by Gasteiger charge is 2.05. The molecule has 0 aromatic carbocycles. The minimum atomic E-state index is 0.374. The van der Waals surface area contributed by atoms with Crippen molar-refractivity contribution in [3.8, 4) is 0 Å². The second-order valence-electron chi connectivity index (χ2n) is 2.67. The first kappa shape index (κ1) is 10.2. The number of nitrogens with one attached hydrogen (secondary N) is 1. The van der Waals surface area contributed by atoms with Gasteiger partial charge in [0.2, 0.25) is 0 Å². The van der Waals surface area contributed by atoms with Crippen molar-refractivity contribution < 1.29 is 0 Å². The van der Waals surface area contributed by atoms with Gasteiger partial charge in [0.15, 0.2) is 0 Å². The number of rotatable bonds is 4. The molecule has 0 aromatic rings. The van der Waals surface area contributed by atoms with Crippen LogP contribution < -0.4 is 11.3 Å². The van der Waals surface area contributed by atoms with Crippen LogP contribution in [0.2, 0.25) is 0 Å². The molecule has 0 aliphatic heterocycles. The van der Waals surface area contributed by atoms with Crippen LogP contribution in [0.3, 0.4) is 0 Å². The summed E-state index contributed by atoms with van der Waals surface area (Å²) in [6, 6.07) is 0. The summed E-state index contributed by atoms with van der Waals surface area (Å²) in [5, 5.41) is 0. The van der Waals surface area contributed by atoms with Gasteiger partial charge in [-0.05, 0) is 19.1 Å². The van der Waals surface area contributed by atoms with Gasteiger partial charge in [0.05, 0.1) is 5.70 Å².